The number of hydrogen-bond acceptors (Lipinski definition) is 3. The molecule has 120 valence electrons. The van der Waals surface area contributed by atoms with Crippen LogP contribution in [0.2, 0.25) is 0 Å². The molecule has 1 heterocycles. The standard InChI is InChI=1S/C14H21FN2O2S.ClH/c15-7-4-8-20(18,19)17-10-13(9-16)14(11-17)12-5-2-1-3-6-12;/h1-3,5-6,13-14H,4,7-11,16H2;1H/t13-,14+;/m1./s1. The highest BCUT2D eigenvalue weighted by Gasteiger charge is 2.38. The van der Waals surface area contributed by atoms with Gasteiger partial charge in [-0.3, -0.25) is 4.39 Å². The summed E-state index contributed by atoms with van der Waals surface area (Å²) in [4.78, 5) is 0. The van der Waals surface area contributed by atoms with E-state index in [9.17, 15) is 12.8 Å². The maximum absolute atomic E-state index is 12.2. The van der Waals surface area contributed by atoms with Crippen LogP contribution in [0.3, 0.4) is 0 Å². The monoisotopic (exact) mass is 336 g/mol. The predicted octanol–water partition coefficient (Wildman–Crippen LogP) is 1.77. The minimum Gasteiger partial charge on any atom is -0.330 e. The molecule has 7 heteroatoms. The second kappa shape index (κ2) is 8.08. The molecule has 1 aromatic rings. The van der Waals surface area contributed by atoms with Crippen molar-refractivity contribution in [2.45, 2.75) is 12.3 Å². The lowest BCUT2D eigenvalue weighted by Gasteiger charge is -2.16. The van der Waals surface area contributed by atoms with Crippen molar-refractivity contribution in [3.63, 3.8) is 0 Å². The summed E-state index contributed by atoms with van der Waals surface area (Å²) in [6, 6.07) is 9.84. The van der Waals surface area contributed by atoms with Gasteiger partial charge >= 0.3 is 0 Å². The molecule has 0 spiro atoms. The van der Waals surface area contributed by atoms with E-state index < -0.39 is 16.7 Å². The number of benzene rings is 1. The normalized spacial score (nSPS) is 23.0. The van der Waals surface area contributed by atoms with Crippen LogP contribution < -0.4 is 5.73 Å². The third kappa shape index (κ3) is 4.39. The molecule has 21 heavy (non-hydrogen) atoms. The van der Waals surface area contributed by atoms with Crippen LogP contribution in [0.25, 0.3) is 0 Å². The summed E-state index contributed by atoms with van der Waals surface area (Å²) in [5, 5.41) is 0. The van der Waals surface area contributed by atoms with Crippen molar-refractivity contribution in [3.8, 4) is 0 Å². The summed E-state index contributed by atoms with van der Waals surface area (Å²) in [6.45, 7) is 0.732. The van der Waals surface area contributed by atoms with Gasteiger partial charge in [-0.05, 0) is 24.4 Å². The summed E-state index contributed by atoms with van der Waals surface area (Å²) < 4.78 is 38.0. The first-order valence-corrected chi connectivity index (χ1v) is 8.48. The fourth-order valence-corrected chi connectivity index (χ4v) is 4.28. The molecule has 1 saturated heterocycles. The summed E-state index contributed by atoms with van der Waals surface area (Å²) >= 11 is 0. The lowest BCUT2D eigenvalue weighted by molar-refractivity contribution is 0.446. The first-order chi connectivity index (χ1) is 9.58. The zero-order valence-electron chi connectivity index (χ0n) is 11.8. The van der Waals surface area contributed by atoms with Crippen molar-refractivity contribution >= 4 is 22.4 Å². The van der Waals surface area contributed by atoms with Crippen LogP contribution in [-0.4, -0.2) is 44.8 Å². The van der Waals surface area contributed by atoms with Gasteiger partial charge in [0.05, 0.1) is 12.4 Å². The molecule has 0 amide bonds. The van der Waals surface area contributed by atoms with E-state index in [1.807, 2.05) is 30.3 Å². The largest absolute Gasteiger partial charge is 0.330 e. The second-order valence-corrected chi connectivity index (χ2v) is 7.28. The Hall–Kier alpha value is -0.690. The van der Waals surface area contributed by atoms with Gasteiger partial charge in [0.1, 0.15) is 0 Å². The highest BCUT2D eigenvalue weighted by molar-refractivity contribution is 7.89. The fourth-order valence-electron chi connectivity index (χ4n) is 2.74. The number of hydrogen-bond donors (Lipinski definition) is 1. The molecule has 1 aromatic carbocycles. The van der Waals surface area contributed by atoms with Gasteiger partial charge in [-0.2, -0.15) is 0 Å². The lowest BCUT2D eigenvalue weighted by Crippen LogP contribution is -2.32. The zero-order chi connectivity index (χ0) is 14.6. The molecule has 2 N–H and O–H groups in total. The van der Waals surface area contributed by atoms with Crippen molar-refractivity contribution < 1.29 is 12.8 Å². The van der Waals surface area contributed by atoms with Crippen LogP contribution >= 0.6 is 12.4 Å². The van der Waals surface area contributed by atoms with E-state index in [1.165, 1.54) is 4.31 Å². The van der Waals surface area contributed by atoms with Gasteiger partial charge in [0, 0.05) is 19.0 Å². The average Bonchev–Trinajstić information content (AvgIpc) is 2.91. The number of rotatable bonds is 6. The molecule has 1 aliphatic heterocycles. The summed E-state index contributed by atoms with van der Waals surface area (Å²) in [6.07, 6.45) is 0.0577. The van der Waals surface area contributed by atoms with Crippen molar-refractivity contribution in [3.05, 3.63) is 35.9 Å². The highest BCUT2D eigenvalue weighted by Crippen LogP contribution is 2.33. The SMILES string of the molecule is Cl.NC[C@@H]1CN(S(=O)(=O)CCCF)C[C@H]1c1ccccc1. The lowest BCUT2D eigenvalue weighted by atomic mass is 9.89. The summed E-state index contributed by atoms with van der Waals surface area (Å²) in [5.74, 6) is 0.126. The fraction of sp³-hybridized carbons (Fsp3) is 0.571. The van der Waals surface area contributed by atoms with Crippen LogP contribution in [0.1, 0.15) is 17.9 Å². The first kappa shape index (κ1) is 18.4. The van der Waals surface area contributed by atoms with Crippen LogP contribution in [0.15, 0.2) is 30.3 Å². The maximum atomic E-state index is 12.2. The van der Waals surface area contributed by atoms with Crippen LogP contribution in [-0.2, 0) is 10.0 Å². The second-order valence-electron chi connectivity index (χ2n) is 5.19. The molecular formula is C14H22ClFN2O2S. The minimum absolute atomic E-state index is 0. The molecule has 0 aromatic heterocycles. The summed E-state index contributed by atoms with van der Waals surface area (Å²) in [5.41, 5.74) is 6.90. The number of nitrogens with two attached hydrogens (primary N) is 1. The molecule has 0 saturated carbocycles. The molecule has 2 atom stereocenters. The van der Waals surface area contributed by atoms with E-state index in [1.54, 1.807) is 0 Å². The average molecular weight is 337 g/mol. The van der Waals surface area contributed by atoms with Gasteiger partial charge in [-0.25, -0.2) is 12.7 Å². The number of alkyl halides is 1. The molecule has 4 nitrogen and oxygen atoms in total. The van der Waals surface area contributed by atoms with Crippen LogP contribution in [0.5, 0.6) is 0 Å². The van der Waals surface area contributed by atoms with E-state index in [0.29, 0.717) is 19.6 Å². The maximum Gasteiger partial charge on any atom is 0.214 e. The van der Waals surface area contributed by atoms with Crippen LogP contribution in [0.4, 0.5) is 4.39 Å². The van der Waals surface area contributed by atoms with Crippen molar-refractivity contribution in [1.82, 2.24) is 4.31 Å². The highest BCUT2D eigenvalue weighted by atomic mass is 35.5. The Morgan fingerprint density at radius 2 is 1.90 bits per heavy atom. The van der Waals surface area contributed by atoms with Gasteiger partial charge in [0.15, 0.2) is 0 Å². The smallest absolute Gasteiger partial charge is 0.214 e. The quantitative estimate of drug-likeness (QED) is 0.861. The number of nitrogens with zero attached hydrogens (tertiary/aromatic N) is 1. The minimum atomic E-state index is -3.37. The molecule has 0 radical (unpaired) electrons. The van der Waals surface area contributed by atoms with Gasteiger partial charge in [-0.15, -0.1) is 12.4 Å². The third-order valence-electron chi connectivity index (χ3n) is 3.87. The molecule has 1 aliphatic rings. The topological polar surface area (TPSA) is 63.4 Å². The molecule has 0 bridgehead atoms. The number of halogens is 2. The van der Waals surface area contributed by atoms with E-state index >= 15 is 0 Å². The van der Waals surface area contributed by atoms with E-state index in [2.05, 4.69) is 0 Å². The van der Waals surface area contributed by atoms with Gasteiger partial charge in [0.25, 0.3) is 0 Å². The Kier molecular flexibility index (Phi) is 7.06. The van der Waals surface area contributed by atoms with Gasteiger partial charge < -0.3 is 5.73 Å². The van der Waals surface area contributed by atoms with Crippen molar-refractivity contribution in [1.29, 1.82) is 0 Å². The Bertz CT molecular complexity index is 527. The molecule has 2 rings (SSSR count). The van der Waals surface area contributed by atoms with Crippen LogP contribution in [0, 0.1) is 5.92 Å². The zero-order valence-corrected chi connectivity index (χ0v) is 13.5. The molecule has 1 fully saturated rings. The van der Waals surface area contributed by atoms with E-state index in [0.717, 1.165) is 5.56 Å². The Morgan fingerprint density at radius 1 is 1.24 bits per heavy atom. The van der Waals surface area contributed by atoms with Crippen molar-refractivity contribution in [2.75, 3.05) is 32.1 Å². The van der Waals surface area contributed by atoms with E-state index in [4.69, 9.17) is 5.73 Å². The molecule has 0 aliphatic carbocycles. The van der Waals surface area contributed by atoms with E-state index in [-0.39, 0.29) is 36.4 Å². The molecule has 0 unspecified atom stereocenters. The Labute approximate surface area is 132 Å². The predicted molar refractivity (Wildman–Crippen MR) is 84.9 cm³/mol. The molecular weight excluding hydrogens is 315 g/mol. The first-order valence-electron chi connectivity index (χ1n) is 6.87. The Balaban J connectivity index is 0.00000220. The van der Waals surface area contributed by atoms with Crippen molar-refractivity contribution in [2.24, 2.45) is 11.7 Å². The van der Waals surface area contributed by atoms with Gasteiger partial charge in [0.2, 0.25) is 10.0 Å². The van der Waals surface area contributed by atoms with Gasteiger partial charge in [-0.1, -0.05) is 30.3 Å². The third-order valence-corrected chi connectivity index (χ3v) is 5.76. The summed E-state index contributed by atoms with van der Waals surface area (Å²) in [7, 11) is -3.37. The Morgan fingerprint density at radius 3 is 2.48 bits per heavy atom. The number of sulfonamides is 1.